The van der Waals surface area contributed by atoms with Crippen molar-refractivity contribution in [2.75, 3.05) is 6.54 Å². The second kappa shape index (κ2) is 9.04. The maximum absolute atomic E-state index is 12.8. The first-order valence-corrected chi connectivity index (χ1v) is 9.58. The highest BCUT2D eigenvalue weighted by Gasteiger charge is 2.17. The van der Waals surface area contributed by atoms with Crippen molar-refractivity contribution >= 4 is 34.9 Å². The molecular formula is C21H19Cl2N3O2. The van der Waals surface area contributed by atoms with Crippen molar-refractivity contribution in [2.45, 2.75) is 19.9 Å². The minimum absolute atomic E-state index is 0.218. The first-order chi connectivity index (χ1) is 13.5. The topological polar surface area (TPSA) is 64.0 Å². The van der Waals surface area contributed by atoms with Crippen LogP contribution in [0, 0.1) is 6.92 Å². The summed E-state index contributed by atoms with van der Waals surface area (Å²) in [7, 11) is 0. The van der Waals surface area contributed by atoms with Gasteiger partial charge in [0.25, 0.3) is 5.91 Å². The number of hydrogen-bond acceptors (Lipinski definition) is 3. The molecule has 1 amide bonds. The number of halogens is 2. The monoisotopic (exact) mass is 415 g/mol. The molecule has 1 heterocycles. The summed E-state index contributed by atoms with van der Waals surface area (Å²) in [6.45, 7) is 2.94. The molecule has 1 N–H and O–H groups in total. The van der Waals surface area contributed by atoms with Crippen molar-refractivity contribution in [3.05, 3.63) is 87.2 Å². The lowest BCUT2D eigenvalue weighted by atomic mass is 9.98. The zero-order valence-corrected chi connectivity index (χ0v) is 16.8. The fourth-order valence-corrected chi connectivity index (χ4v) is 3.06. The van der Waals surface area contributed by atoms with Crippen LogP contribution in [0.1, 0.15) is 38.4 Å². The van der Waals surface area contributed by atoms with E-state index in [4.69, 9.17) is 23.2 Å². The van der Waals surface area contributed by atoms with E-state index in [0.717, 1.165) is 5.69 Å². The Morgan fingerprint density at radius 2 is 1.71 bits per heavy atom. The third-order valence-electron chi connectivity index (χ3n) is 4.26. The Kier molecular flexibility index (Phi) is 6.49. The standard InChI is InChI=1S/C21H19Cl2N3O2/c1-14-19(23)13-26(25-14)12-4-11-24-21(28)18-6-3-2-5-17(18)20(27)15-7-9-16(22)10-8-15/h2-3,5-10,13H,4,11-12H2,1H3,(H,24,28). The summed E-state index contributed by atoms with van der Waals surface area (Å²) in [5, 5.41) is 8.32. The molecule has 0 fully saturated rings. The summed E-state index contributed by atoms with van der Waals surface area (Å²) in [4.78, 5) is 25.4. The smallest absolute Gasteiger partial charge is 0.252 e. The van der Waals surface area contributed by atoms with Crippen molar-refractivity contribution in [3.63, 3.8) is 0 Å². The van der Waals surface area contributed by atoms with E-state index in [0.29, 0.717) is 46.2 Å². The Hall–Kier alpha value is -2.63. The van der Waals surface area contributed by atoms with Crippen LogP contribution in [-0.2, 0) is 6.54 Å². The molecule has 5 nitrogen and oxygen atoms in total. The summed E-state index contributed by atoms with van der Waals surface area (Å²) >= 11 is 11.9. The van der Waals surface area contributed by atoms with E-state index >= 15 is 0 Å². The highest BCUT2D eigenvalue weighted by molar-refractivity contribution is 6.31. The van der Waals surface area contributed by atoms with Crippen LogP contribution in [0.2, 0.25) is 10.0 Å². The molecule has 2 aromatic carbocycles. The van der Waals surface area contributed by atoms with Crippen LogP contribution in [0.3, 0.4) is 0 Å². The van der Waals surface area contributed by atoms with Crippen LogP contribution in [0.25, 0.3) is 0 Å². The van der Waals surface area contributed by atoms with Crippen LogP contribution in [0.4, 0.5) is 0 Å². The van der Waals surface area contributed by atoms with Crippen molar-refractivity contribution in [3.8, 4) is 0 Å². The molecule has 0 radical (unpaired) electrons. The van der Waals surface area contributed by atoms with Crippen LogP contribution >= 0.6 is 23.2 Å². The Morgan fingerprint density at radius 1 is 1.04 bits per heavy atom. The van der Waals surface area contributed by atoms with Crippen molar-refractivity contribution in [1.82, 2.24) is 15.1 Å². The second-order valence-electron chi connectivity index (χ2n) is 6.32. The molecule has 3 rings (SSSR count). The lowest BCUT2D eigenvalue weighted by Crippen LogP contribution is -2.27. The molecule has 0 bridgehead atoms. The number of nitrogens with zero attached hydrogens (tertiary/aromatic N) is 2. The van der Waals surface area contributed by atoms with Crippen molar-refractivity contribution < 1.29 is 9.59 Å². The third kappa shape index (κ3) is 4.80. The normalized spacial score (nSPS) is 10.7. The van der Waals surface area contributed by atoms with Gasteiger partial charge in [0.15, 0.2) is 5.78 Å². The number of carbonyl (C=O) groups excluding carboxylic acids is 2. The summed E-state index contributed by atoms with van der Waals surface area (Å²) in [5.74, 6) is -0.503. The van der Waals surface area contributed by atoms with E-state index in [9.17, 15) is 9.59 Å². The van der Waals surface area contributed by atoms with E-state index in [1.807, 2.05) is 6.92 Å². The molecule has 0 saturated carbocycles. The largest absolute Gasteiger partial charge is 0.352 e. The average Bonchev–Trinajstić information content (AvgIpc) is 3.02. The van der Waals surface area contributed by atoms with Crippen molar-refractivity contribution in [1.29, 1.82) is 0 Å². The van der Waals surface area contributed by atoms with E-state index in [1.54, 1.807) is 59.4 Å². The fraction of sp³-hybridized carbons (Fsp3) is 0.190. The maximum atomic E-state index is 12.8. The molecular weight excluding hydrogens is 397 g/mol. The molecule has 0 aliphatic heterocycles. The van der Waals surface area contributed by atoms with Crippen LogP contribution < -0.4 is 5.32 Å². The van der Waals surface area contributed by atoms with Gasteiger partial charge in [-0.05, 0) is 43.7 Å². The molecule has 0 spiro atoms. The number of benzene rings is 2. The van der Waals surface area contributed by atoms with Gasteiger partial charge in [0.1, 0.15) is 0 Å². The number of ketones is 1. The van der Waals surface area contributed by atoms with E-state index in [-0.39, 0.29) is 11.7 Å². The number of amides is 1. The minimum atomic E-state index is -0.285. The molecule has 28 heavy (non-hydrogen) atoms. The van der Waals surface area contributed by atoms with Gasteiger partial charge in [0, 0.05) is 35.4 Å². The van der Waals surface area contributed by atoms with Crippen LogP contribution in [0.5, 0.6) is 0 Å². The molecule has 3 aromatic rings. The van der Waals surface area contributed by atoms with E-state index in [1.165, 1.54) is 0 Å². The summed E-state index contributed by atoms with van der Waals surface area (Å²) in [6, 6.07) is 13.4. The van der Waals surface area contributed by atoms with Crippen LogP contribution in [0.15, 0.2) is 54.7 Å². The van der Waals surface area contributed by atoms with Gasteiger partial charge >= 0.3 is 0 Å². The first kappa shape index (κ1) is 20.1. The van der Waals surface area contributed by atoms with Gasteiger partial charge in [-0.15, -0.1) is 0 Å². The number of rotatable bonds is 7. The molecule has 0 aliphatic carbocycles. The molecule has 1 aromatic heterocycles. The molecule has 7 heteroatoms. The number of carbonyl (C=O) groups is 2. The highest BCUT2D eigenvalue weighted by atomic mass is 35.5. The Balaban J connectivity index is 1.63. The van der Waals surface area contributed by atoms with Gasteiger partial charge in [-0.1, -0.05) is 41.4 Å². The fourth-order valence-electron chi connectivity index (χ4n) is 2.78. The molecule has 0 aliphatic rings. The van der Waals surface area contributed by atoms with Gasteiger partial charge in [-0.2, -0.15) is 5.10 Å². The maximum Gasteiger partial charge on any atom is 0.252 e. The molecule has 0 atom stereocenters. The lowest BCUT2D eigenvalue weighted by Gasteiger charge is -2.10. The predicted molar refractivity (Wildman–Crippen MR) is 110 cm³/mol. The summed E-state index contributed by atoms with van der Waals surface area (Å²) in [6.07, 6.45) is 2.45. The number of hydrogen-bond donors (Lipinski definition) is 1. The van der Waals surface area contributed by atoms with Gasteiger partial charge in [-0.25, -0.2) is 0 Å². The van der Waals surface area contributed by atoms with Crippen molar-refractivity contribution in [2.24, 2.45) is 0 Å². The number of nitrogens with one attached hydrogen (secondary N) is 1. The molecule has 0 unspecified atom stereocenters. The van der Waals surface area contributed by atoms with E-state index < -0.39 is 0 Å². The number of aromatic nitrogens is 2. The van der Waals surface area contributed by atoms with Crippen LogP contribution in [-0.4, -0.2) is 28.0 Å². The molecule has 0 saturated heterocycles. The average molecular weight is 416 g/mol. The van der Waals surface area contributed by atoms with Gasteiger partial charge < -0.3 is 5.32 Å². The first-order valence-electron chi connectivity index (χ1n) is 8.83. The highest BCUT2D eigenvalue weighted by Crippen LogP contribution is 2.17. The Morgan fingerprint density at radius 3 is 2.36 bits per heavy atom. The third-order valence-corrected chi connectivity index (χ3v) is 4.88. The predicted octanol–water partition coefficient (Wildman–Crippen LogP) is 4.55. The zero-order valence-electron chi connectivity index (χ0n) is 15.3. The Labute approximate surface area is 173 Å². The quantitative estimate of drug-likeness (QED) is 0.454. The SMILES string of the molecule is Cc1nn(CCCNC(=O)c2ccccc2C(=O)c2ccc(Cl)cc2)cc1Cl. The number of aryl methyl sites for hydroxylation is 2. The second-order valence-corrected chi connectivity index (χ2v) is 7.16. The molecule has 144 valence electrons. The van der Waals surface area contributed by atoms with Gasteiger partial charge in [-0.3, -0.25) is 14.3 Å². The van der Waals surface area contributed by atoms with Gasteiger partial charge in [0.05, 0.1) is 16.3 Å². The Bertz CT molecular complexity index is 978. The van der Waals surface area contributed by atoms with Gasteiger partial charge in [0.2, 0.25) is 0 Å². The summed E-state index contributed by atoms with van der Waals surface area (Å²) in [5.41, 5.74) is 1.97. The van der Waals surface area contributed by atoms with E-state index in [2.05, 4.69) is 10.4 Å². The lowest BCUT2D eigenvalue weighted by molar-refractivity contribution is 0.0941. The zero-order chi connectivity index (χ0) is 20.1. The summed E-state index contributed by atoms with van der Waals surface area (Å²) < 4.78 is 1.75. The minimum Gasteiger partial charge on any atom is -0.352 e.